The van der Waals surface area contributed by atoms with Crippen molar-refractivity contribution in [3.05, 3.63) is 18.0 Å². The minimum Gasteiger partial charge on any atom is -0.393 e. The molecule has 4 nitrogen and oxygen atoms in total. The maximum atomic E-state index is 9.76. The van der Waals surface area contributed by atoms with E-state index in [0.29, 0.717) is 6.42 Å². The van der Waals surface area contributed by atoms with E-state index in [1.54, 1.807) is 18.0 Å². The summed E-state index contributed by atoms with van der Waals surface area (Å²) in [6, 6.07) is 0. The zero-order valence-electron chi connectivity index (χ0n) is 9.68. The molecule has 15 heavy (non-hydrogen) atoms. The molecule has 0 fully saturated rings. The summed E-state index contributed by atoms with van der Waals surface area (Å²) >= 11 is 0. The predicted octanol–water partition coefficient (Wildman–Crippen LogP) is 1.14. The van der Waals surface area contributed by atoms with Gasteiger partial charge in [0.1, 0.15) is 0 Å². The average molecular weight is 212 g/mol. The van der Waals surface area contributed by atoms with Gasteiger partial charge in [-0.25, -0.2) is 0 Å². The molecule has 0 aromatic carbocycles. The standard InChI is InChI=1S/C11H20N2O2/c1-9(15-3)4-5-11(14)6-10-7-12-13(2)8-10/h7-9,11,14H,4-6H2,1-3H3. The van der Waals surface area contributed by atoms with E-state index in [4.69, 9.17) is 4.74 Å². The second-order valence-electron chi connectivity index (χ2n) is 4.00. The van der Waals surface area contributed by atoms with E-state index >= 15 is 0 Å². The molecule has 0 aliphatic carbocycles. The third kappa shape index (κ3) is 4.44. The molecule has 1 aromatic rings. The second kappa shape index (κ2) is 5.88. The van der Waals surface area contributed by atoms with Gasteiger partial charge in [-0.2, -0.15) is 5.10 Å². The van der Waals surface area contributed by atoms with Crippen LogP contribution >= 0.6 is 0 Å². The zero-order chi connectivity index (χ0) is 11.3. The maximum absolute atomic E-state index is 9.76. The monoisotopic (exact) mass is 212 g/mol. The first kappa shape index (κ1) is 12.2. The highest BCUT2D eigenvalue weighted by Gasteiger charge is 2.09. The number of aliphatic hydroxyl groups excluding tert-OH is 1. The van der Waals surface area contributed by atoms with Crippen LogP contribution in [0.3, 0.4) is 0 Å². The van der Waals surface area contributed by atoms with Crippen LogP contribution in [0.25, 0.3) is 0 Å². The molecular formula is C11H20N2O2. The molecule has 2 unspecified atom stereocenters. The highest BCUT2D eigenvalue weighted by Crippen LogP contribution is 2.09. The summed E-state index contributed by atoms with van der Waals surface area (Å²) in [6.45, 7) is 2.01. The van der Waals surface area contributed by atoms with Gasteiger partial charge in [-0.05, 0) is 25.3 Å². The fraction of sp³-hybridized carbons (Fsp3) is 0.727. The molecule has 2 atom stereocenters. The topological polar surface area (TPSA) is 47.3 Å². The van der Waals surface area contributed by atoms with Crippen molar-refractivity contribution in [2.75, 3.05) is 7.11 Å². The summed E-state index contributed by atoms with van der Waals surface area (Å²) in [4.78, 5) is 0. The van der Waals surface area contributed by atoms with E-state index in [2.05, 4.69) is 5.10 Å². The van der Waals surface area contributed by atoms with Crippen LogP contribution in [0, 0.1) is 0 Å². The fourth-order valence-corrected chi connectivity index (χ4v) is 1.50. The number of aliphatic hydroxyl groups is 1. The molecule has 0 aliphatic heterocycles. The minimum atomic E-state index is -0.299. The normalized spacial score (nSPS) is 15.2. The van der Waals surface area contributed by atoms with Gasteiger partial charge < -0.3 is 9.84 Å². The van der Waals surface area contributed by atoms with Gasteiger partial charge in [0.25, 0.3) is 0 Å². The summed E-state index contributed by atoms with van der Waals surface area (Å²) in [5.74, 6) is 0. The Morgan fingerprint density at radius 2 is 2.27 bits per heavy atom. The summed E-state index contributed by atoms with van der Waals surface area (Å²) in [6.07, 6.45) is 5.97. The molecular weight excluding hydrogens is 192 g/mol. The Hall–Kier alpha value is -0.870. The lowest BCUT2D eigenvalue weighted by Crippen LogP contribution is -2.14. The molecule has 0 spiro atoms. The van der Waals surface area contributed by atoms with Crippen LogP contribution in [0.2, 0.25) is 0 Å². The SMILES string of the molecule is COC(C)CCC(O)Cc1cnn(C)c1. The van der Waals surface area contributed by atoms with Crippen molar-refractivity contribution in [2.45, 2.75) is 38.4 Å². The lowest BCUT2D eigenvalue weighted by Gasteiger charge is -2.12. The van der Waals surface area contributed by atoms with E-state index in [0.717, 1.165) is 18.4 Å². The summed E-state index contributed by atoms with van der Waals surface area (Å²) in [5, 5.41) is 13.8. The Kier molecular flexibility index (Phi) is 4.78. The van der Waals surface area contributed by atoms with Gasteiger partial charge in [0, 0.05) is 26.8 Å². The van der Waals surface area contributed by atoms with Crippen LogP contribution in [0.4, 0.5) is 0 Å². The predicted molar refractivity (Wildman–Crippen MR) is 58.6 cm³/mol. The number of hydrogen-bond acceptors (Lipinski definition) is 3. The van der Waals surface area contributed by atoms with E-state index < -0.39 is 0 Å². The summed E-state index contributed by atoms with van der Waals surface area (Å²) < 4.78 is 6.88. The lowest BCUT2D eigenvalue weighted by molar-refractivity contribution is 0.0851. The van der Waals surface area contributed by atoms with E-state index in [9.17, 15) is 5.11 Å². The Morgan fingerprint density at radius 1 is 1.53 bits per heavy atom. The molecule has 86 valence electrons. The first-order valence-electron chi connectivity index (χ1n) is 5.30. The third-order valence-corrected chi connectivity index (χ3v) is 2.54. The van der Waals surface area contributed by atoms with Gasteiger partial charge in [-0.1, -0.05) is 0 Å². The number of hydrogen-bond donors (Lipinski definition) is 1. The first-order chi connectivity index (χ1) is 7.11. The molecule has 1 heterocycles. The second-order valence-corrected chi connectivity index (χ2v) is 4.00. The van der Waals surface area contributed by atoms with Crippen LogP contribution < -0.4 is 0 Å². The molecule has 4 heteroatoms. The molecule has 0 saturated heterocycles. The molecule has 1 rings (SSSR count). The number of methoxy groups -OCH3 is 1. The van der Waals surface area contributed by atoms with Crippen molar-refractivity contribution in [1.29, 1.82) is 0 Å². The number of rotatable bonds is 6. The molecule has 0 amide bonds. The smallest absolute Gasteiger partial charge is 0.0582 e. The average Bonchev–Trinajstić information content (AvgIpc) is 2.60. The van der Waals surface area contributed by atoms with Gasteiger partial charge in [0.05, 0.1) is 18.4 Å². The van der Waals surface area contributed by atoms with E-state index in [-0.39, 0.29) is 12.2 Å². The molecule has 1 N–H and O–H groups in total. The van der Waals surface area contributed by atoms with Crippen molar-refractivity contribution < 1.29 is 9.84 Å². The number of nitrogens with zero attached hydrogens (tertiary/aromatic N) is 2. The fourth-order valence-electron chi connectivity index (χ4n) is 1.50. The molecule has 0 radical (unpaired) electrons. The molecule has 0 saturated carbocycles. The van der Waals surface area contributed by atoms with Crippen LogP contribution in [-0.4, -0.2) is 34.2 Å². The van der Waals surface area contributed by atoms with Crippen molar-refractivity contribution in [3.8, 4) is 0 Å². The van der Waals surface area contributed by atoms with Gasteiger partial charge in [0.15, 0.2) is 0 Å². The van der Waals surface area contributed by atoms with E-state index in [1.807, 2.05) is 20.2 Å². The van der Waals surface area contributed by atoms with Gasteiger partial charge >= 0.3 is 0 Å². The Balaban J connectivity index is 2.27. The third-order valence-electron chi connectivity index (χ3n) is 2.54. The van der Waals surface area contributed by atoms with Crippen LogP contribution in [0.5, 0.6) is 0 Å². The zero-order valence-corrected chi connectivity index (χ0v) is 9.68. The van der Waals surface area contributed by atoms with Crippen LogP contribution in [-0.2, 0) is 18.2 Å². The molecule has 1 aromatic heterocycles. The Morgan fingerprint density at radius 3 is 2.80 bits per heavy atom. The number of ether oxygens (including phenoxy) is 1. The van der Waals surface area contributed by atoms with Crippen LogP contribution in [0.1, 0.15) is 25.3 Å². The van der Waals surface area contributed by atoms with Gasteiger partial charge in [-0.15, -0.1) is 0 Å². The Bertz CT molecular complexity index is 286. The first-order valence-corrected chi connectivity index (χ1v) is 5.30. The maximum Gasteiger partial charge on any atom is 0.0582 e. The van der Waals surface area contributed by atoms with Crippen molar-refractivity contribution in [2.24, 2.45) is 7.05 Å². The lowest BCUT2D eigenvalue weighted by atomic mass is 10.1. The summed E-state index contributed by atoms with van der Waals surface area (Å²) in [7, 11) is 3.57. The van der Waals surface area contributed by atoms with Gasteiger partial charge in [-0.3, -0.25) is 4.68 Å². The van der Waals surface area contributed by atoms with Crippen molar-refractivity contribution in [1.82, 2.24) is 9.78 Å². The largest absolute Gasteiger partial charge is 0.393 e. The molecule has 0 aliphatic rings. The Labute approximate surface area is 90.9 Å². The van der Waals surface area contributed by atoms with Gasteiger partial charge in [0.2, 0.25) is 0 Å². The number of aryl methyl sites for hydroxylation is 1. The van der Waals surface area contributed by atoms with Crippen molar-refractivity contribution >= 4 is 0 Å². The quantitative estimate of drug-likeness (QED) is 0.769. The van der Waals surface area contributed by atoms with Crippen molar-refractivity contribution in [3.63, 3.8) is 0 Å². The number of aromatic nitrogens is 2. The summed E-state index contributed by atoms with van der Waals surface area (Å²) in [5.41, 5.74) is 1.08. The van der Waals surface area contributed by atoms with E-state index in [1.165, 1.54) is 0 Å². The minimum absolute atomic E-state index is 0.216. The molecule has 0 bridgehead atoms. The highest BCUT2D eigenvalue weighted by atomic mass is 16.5. The van der Waals surface area contributed by atoms with Crippen LogP contribution in [0.15, 0.2) is 12.4 Å². The highest BCUT2D eigenvalue weighted by molar-refractivity contribution is 5.04.